The van der Waals surface area contributed by atoms with E-state index in [9.17, 15) is 9.18 Å². The highest BCUT2D eigenvalue weighted by Crippen LogP contribution is 2.19. The van der Waals surface area contributed by atoms with E-state index in [1.165, 1.54) is 6.07 Å². The molecule has 2 N–H and O–H groups in total. The Morgan fingerprint density at radius 1 is 0.960 bits per heavy atom. The van der Waals surface area contributed by atoms with Gasteiger partial charge in [-0.2, -0.15) is 0 Å². The van der Waals surface area contributed by atoms with E-state index in [1.807, 2.05) is 30.3 Å². The molecule has 1 aromatic heterocycles. The van der Waals surface area contributed by atoms with Crippen LogP contribution in [0, 0.1) is 5.82 Å². The molecule has 0 saturated heterocycles. The van der Waals surface area contributed by atoms with E-state index in [0.717, 1.165) is 5.56 Å². The van der Waals surface area contributed by atoms with Crippen molar-refractivity contribution in [3.05, 3.63) is 84.3 Å². The molecule has 1 amide bonds. The van der Waals surface area contributed by atoms with Crippen LogP contribution in [-0.2, 0) is 11.2 Å². The van der Waals surface area contributed by atoms with Gasteiger partial charge in [-0.15, -0.1) is 0 Å². The van der Waals surface area contributed by atoms with Crippen LogP contribution in [0.3, 0.4) is 0 Å². The molecule has 2 aromatic carbocycles. The van der Waals surface area contributed by atoms with Crippen LogP contribution in [0.2, 0.25) is 0 Å². The summed E-state index contributed by atoms with van der Waals surface area (Å²) in [5, 5.41) is 5.71. The molecule has 0 atom stereocenters. The number of aryl methyl sites for hydroxylation is 1. The first-order valence-corrected chi connectivity index (χ1v) is 8.02. The second-order valence-electron chi connectivity index (χ2n) is 5.57. The Morgan fingerprint density at radius 2 is 1.72 bits per heavy atom. The van der Waals surface area contributed by atoms with E-state index in [2.05, 4.69) is 15.6 Å². The molecular formula is C20H18FN3O. The lowest BCUT2D eigenvalue weighted by atomic mass is 10.1. The molecule has 1 heterocycles. The lowest BCUT2D eigenvalue weighted by molar-refractivity contribution is -0.116. The molecule has 0 saturated carbocycles. The van der Waals surface area contributed by atoms with Crippen molar-refractivity contribution in [2.75, 3.05) is 10.6 Å². The Labute approximate surface area is 145 Å². The van der Waals surface area contributed by atoms with Crippen LogP contribution in [0.4, 0.5) is 21.6 Å². The zero-order chi connectivity index (χ0) is 17.5. The lowest BCUT2D eigenvalue weighted by Gasteiger charge is -2.08. The Bertz CT molecular complexity index is 835. The number of rotatable bonds is 6. The molecular weight excluding hydrogens is 317 g/mol. The first-order chi connectivity index (χ1) is 12.2. The van der Waals surface area contributed by atoms with E-state index in [-0.39, 0.29) is 11.7 Å². The number of carbonyl (C=O) groups excluding carboxylic acids is 1. The SMILES string of the molecule is O=C(CCc1ccccc1)Nc1ccc(Nc2ccccc2F)cn1. The first kappa shape index (κ1) is 16.6. The maximum Gasteiger partial charge on any atom is 0.225 e. The fourth-order valence-electron chi connectivity index (χ4n) is 2.37. The second kappa shape index (κ2) is 8.06. The van der Waals surface area contributed by atoms with Crippen LogP contribution >= 0.6 is 0 Å². The van der Waals surface area contributed by atoms with Crippen molar-refractivity contribution >= 4 is 23.1 Å². The van der Waals surface area contributed by atoms with Crippen molar-refractivity contribution in [2.45, 2.75) is 12.8 Å². The van der Waals surface area contributed by atoms with Gasteiger partial charge in [0, 0.05) is 6.42 Å². The zero-order valence-corrected chi connectivity index (χ0v) is 13.6. The van der Waals surface area contributed by atoms with Crippen molar-refractivity contribution in [3.8, 4) is 0 Å². The molecule has 0 fully saturated rings. The molecule has 0 radical (unpaired) electrons. The summed E-state index contributed by atoms with van der Waals surface area (Å²) in [4.78, 5) is 16.2. The summed E-state index contributed by atoms with van der Waals surface area (Å²) in [5.41, 5.74) is 2.14. The minimum absolute atomic E-state index is 0.0915. The molecule has 0 aliphatic heterocycles. The van der Waals surface area contributed by atoms with Crippen molar-refractivity contribution in [1.29, 1.82) is 0 Å². The van der Waals surface area contributed by atoms with E-state index in [0.29, 0.717) is 30.0 Å². The van der Waals surface area contributed by atoms with Crippen LogP contribution < -0.4 is 10.6 Å². The maximum atomic E-state index is 13.6. The number of para-hydroxylation sites is 1. The van der Waals surface area contributed by atoms with Gasteiger partial charge in [-0.05, 0) is 36.2 Å². The third-order valence-corrected chi connectivity index (χ3v) is 3.67. The number of carbonyl (C=O) groups is 1. The number of nitrogens with one attached hydrogen (secondary N) is 2. The summed E-state index contributed by atoms with van der Waals surface area (Å²) in [6, 6.07) is 19.7. The van der Waals surface area contributed by atoms with Gasteiger partial charge in [0.1, 0.15) is 11.6 Å². The van der Waals surface area contributed by atoms with Gasteiger partial charge in [-0.25, -0.2) is 9.37 Å². The highest BCUT2D eigenvalue weighted by Gasteiger charge is 2.05. The monoisotopic (exact) mass is 335 g/mol. The zero-order valence-electron chi connectivity index (χ0n) is 13.6. The molecule has 0 unspecified atom stereocenters. The van der Waals surface area contributed by atoms with E-state index < -0.39 is 0 Å². The summed E-state index contributed by atoms with van der Waals surface area (Å²) in [6.07, 6.45) is 2.62. The number of aromatic nitrogens is 1. The van der Waals surface area contributed by atoms with Crippen molar-refractivity contribution in [2.24, 2.45) is 0 Å². The highest BCUT2D eigenvalue weighted by molar-refractivity contribution is 5.90. The normalized spacial score (nSPS) is 10.3. The van der Waals surface area contributed by atoms with E-state index >= 15 is 0 Å². The fourth-order valence-corrected chi connectivity index (χ4v) is 2.37. The summed E-state index contributed by atoms with van der Waals surface area (Å²) in [7, 11) is 0. The van der Waals surface area contributed by atoms with E-state index in [1.54, 1.807) is 36.5 Å². The molecule has 0 aliphatic carbocycles. The van der Waals surface area contributed by atoms with Crippen LogP contribution in [0.1, 0.15) is 12.0 Å². The number of halogens is 1. The molecule has 3 aromatic rings. The number of amides is 1. The number of hydrogen-bond acceptors (Lipinski definition) is 3. The quantitative estimate of drug-likeness (QED) is 0.695. The standard InChI is InChI=1S/C20H18FN3O/c21-17-8-4-5-9-18(17)23-16-11-12-19(22-14-16)24-20(25)13-10-15-6-2-1-3-7-15/h1-9,11-12,14,23H,10,13H2,(H,22,24,25). The maximum absolute atomic E-state index is 13.6. The van der Waals surface area contributed by atoms with Gasteiger partial charge in [0.25, 0.3) is 0 Å². The van der Waals surface area contributed by atoms with Gasteiger partial charge in [0.2, 0.25) is 5.91 Å². The average molecular weight is 335 g/mol. The molecule has 0 spiro atoms. The fraction of sp³-hybridized carbons (Fsp3) is 0.100. The van der Waals surface area contributed by atoms with Crippen molar-refractivity contribution in [3.63, 3.8) is 0 Å². The van der Waals surface area contributed by atoms with Crippen LogP contribution in [0.5, 0.6) is 0 Å². The minimum atomic E-state index is -0.333. The van der Waals surface area contributed by atoms with Gasteiger partial charge in [-0.3, -0.25) is 4.79 Å². The Balaban J connectivity index is 1.53. The third kappa shape index (κ3) is 4.88. The summed E-state index contributed by atoms with van der Waals surface area (Å²) in [6.45, 7) is 0. The van der Waals surface area contributed by atoms with Gasteiger partial charge >= 0.3 is 0 Å². The third-order valence-electron chi connectivity index (χ3n) is 3.67. The van der Waals surface area contributed by atoms with Crippen LogP contribution in [0.15, 0.2) is 72.9 Å². The molecule has 0 aliphatic rings. The summed E-state index contributed by atoms with van der Waals surface area (Å²) >= 11 is 0. The lowest BCUT2D eigenvalue weighted by Crippen LogP contribution is -2.13. The molecule has 5 heteroatoms. The van der Waals surface area contributed by atoms with Crippen LogP contribution in [-0.4, -0.2) is 10.9 Å². The highest BCUT2D eigenvalue weighted by atomic mass is 19.1. The first-order valence-electron chi connectivity index (χ1n) is 8.02. The van der Waals surface area contributed by atoms with Gasteiger partial charge in [-0.1, -0.05) is 42.5 Å². The summed E-state index contributed by atoms with van der Waals surface area (Å²) < 4.78 is 13.6. The Kier molecular flexibility index (Phi) is 5.36. The largest absolute Gasteiger partial charge is 0.352 e. The van der Waals surface area contributed by atoms with Gasteiger partial charge in [0.05, 0.1) is 17.6 Å². The summed E-state index contributed by atoms with van der Waals surface area (Å²) in [5.74, 6) is 0.0455. The minimum Gasteiger partial charge on any atom is -0.352 e. The van der Waals surface area contributed by atoms with Gasteiger partial charge in [0.15, 0.2) is 0 Å². The van der Waals surface area contributed by atoms with E-state index in [4.69, 9.17) is 0 Å². The molecule has 3 rings (SSSR count). The van der Waals surface area contributed by atoms with Crippen molar-refractivity contribution in [1.82, 2.24) is 4.98 Å². The number of pyridine rings is 1. The predicted octanol–water partition coefficient (Wildman–Crippen LogP) is 4.54. The number of anilines is 3. The molecule has 25 heavy (non-hydrogen) atoms. The smallest absolute Gasteiger partial charge is 0.225 e. The molecule has 126 valence electrons. The van der Waals surface area contributed by atoms with Crippen LogP contribution in [0.25, 0.3) is 0 Å². The second-order valence-corrected chi connectivity index (χ2v) is 5.57. The van der Waals surface area contributed by atoms with Crippen molar-refractivity contribution < 1.29 is 9.18 Å². The Hall–Kier alpha value is -3.21. The predicted molar refractivity (Wildman–Crippen MR) is 97.3 cm³/mol. The Morgan fingerprint density at radius 3 is 2.44 bits per heavy atom. The number of nitrogens with zero attached hydrogens (tertiary/aromatic N) is 1. The number of hydrogen-bond donors (Lipinski definition) is 2. The number of benzene rings is 2. The molecule has 4 nitrogen and oxygen atoms in total. The average Bonchev–Trinajstić information content (AvgIpc) is 2.64. The van der Waals surface area contributed by atoms with Gasteiger partial charge < -0.3 is 10.6 Å². The topological polar surface area (TPSA) is 54.0 Å². The molecule has 0 bridgehead atoms.